The summed E-state index contributed by atoms with van der Waals surface area (Å²) >= 11 is 0. The summed E-state index contributed by atoms with van der Waals surface area (Å²) in [5.41, 5.74) is 6.09. The molecule has 78 valence electrons. The Morgan fingerprint density at radius 2 is 2.43 bits per heavy atom. The molecule has 2 N–H and O–H groups in total. The molecule has 0 bridgehead atoms. The topological polar surface area (TPSA) is 48.4 Å². The maximum absolute atomic E-state index is 6.09. The van der Waals surface area contributed by atoms with Crippen LogP contribution in [0.2, 0.25) is 0 Å². The first-order valence-corrected chi connectivity index (χ1v) is 5.23. The standard InChI is InChI=1S/C11H17NO2/c1-2-13-11(8-5-6-8)10(12)9-4-3-7-14-9/h3-4,7-8,10-11H,2,5-6,12H2,1H3. The second-order valence-electron chi connectivity index (χ2n) is 3.80. The van der Waals surface area contributed by atoms with Gasteiger partial charge >= 0.3 is 0 Å². The van der Waals surface area contributed by atoms with Crippen molar-refractivity contribution in [3.8, 4) is 0 Å². The zero-order valence-corrected chi connectivity index (χ0v) is 8.48. The van der Waals surface area contributed by atoms with Crippen LogP contribution in [0.25, 0.3) is 0 Å². The van der Waals surface area contributed by atoms with Gasteiger partial charge in [-0.3, -0.25) is 0 Å². The number of hydrogen-bond acceptors (Lipinski definition) is 3. The normalized spacial score (nSPS) is 20.7. The van der Waals surface area contributed by atoms with Gasteiger partial charge in [0.05, 0.1) is 18.4 Å². The van der Waals surface area contributed by atoms with E-state index in [1.807, 2.05) is 19.1 Å². The Labute approximate surface area is 84.2 Å². The van der Waals surface area contributed by atoms with E-state index in [-0.39, 0.29) is 12.1 Å². The lowest BCUT2D eigenvalue weighted by Gasteiger charge is -2.21. The number of furan rings is 1. The number of ether oxygens (including phenoxy) is 1. The summed E-state index contributed by atoms with van der Waals surface area (Å²) < 4.78 is 11.0. The predicted molar refractivity (Wildman–Crippen MR) is 53.8 cm³/mol. The molecule has 0 aliphatic heterocycles. The van der Waals surface area contributed by atoms with E-state index in [9.17, 15) is 0 Å². The highest BCUT2D eigenvalue weighted by molar-refractivity contribution is 5.07. The van der Waals surface area contributed by atoms with Crippen LogP contribution in [0.3, 0.4) is 0 Å². The van der Waals surface area contributed by atoms with E-state index in [2.05, 4.69) is 0 Å². The third kappa shape index (κ3) is 1.99. The monoisotopic (exact) mass is 195 g/mol. The highest BCUT2D eigenvalue weighted by Gasteiger charge is 2.37. The number of hydrogen-bond donors (Lipinski definition) is 1. The summed E-state index contributed by atoms with van der Waals surface area (Å²) in [6.07, 6.45) is 4.26. The molecule has 1 aliphatic carbocycles. The molecule has 1 aromatic heterocycles. The summed E-state index contributed by atoms with van der Waals surface area (Å²) in [5, 5.41) is 0. The molecule has 0 amide bonds. The highest BCUT2D eigenvalue weighted by atomic mass is 16.5. The van der Waals surface area contributed by atoms with Crippen LogP contribution in [0.5, 0.6) is 0 Å². The molecular weight excluding hydrogens is 178 g/mol. The van der Waals surface area contributed by atoms with Gasteiger partial charge in [0.15, 0.2) is 0 Å². The van der Waals surface area contributed by atoms with Crippen molar-refractivity contribution < 1.29 is 9.15 Å². The molecule has 1 saturated carbocycles. The number of nitrogens with two attached hydrogens (primary N) is 1. The van der Waals surface area contributed by atoms with Gasteiger partial charge in [-0.2, -0.15) is 0 Å². The van der Waals surface area contributed by atoms with E-state index >= 15 is 0 Å². The van der Waals surface area contributed by atoms with Crippen molar-refractivity contribution in [1.82, 2.24) is 0 Å². The SMILES string of the molecule is CCOC(C1CC1)C(N)c1ccco1. The predicted octanol–water partition coefficient (Wildman–Crippen LogP) is 2.09. The molecule has 1 heterocycles. The van der Waals surface area contributed by atoms with Gasteiger partial charge in [0, 0.05) is 6.61 Å². The van der Waals surface area contributed by atoms with Crippen molar-refractivity contribution in [2.45, 2.75) is 31.9 Å². The first-order chi connectivity index (χ1) is 6.83. The zero-order chi connectivity index (χ0) is 9.97. The van der Waals surface area contributed by atoms with E-state index in [4.69, 9.17) is 14.9 Å². The molecule has 0 spiro atoms. The van der Waals surface area contributed by atoms with Gasteiger partial charge in [-0.25, -0.2) is 0 Å². The Morgan fingerprint density at radius 3 is 2.93 bits per heavy atom. The minimum absolute atomic E-state index is 0.113. The zero-order valence-electron chi connectivity index (χ0n) is 8.48. The Kier molecular flexibility index (Phi) is 2.89. The molecule has 14 heavy (non-hydrogen) atoms. The molecule has 2 unspecified atom stereocenters. The lowest BCUT2D eigenvalue weighted by molar-refractivity contribution is 0.0235. The third-order valence-corrected chi connectivity index (χ3v) is 2.67. The molecule has 1 aromatic rings. The van der Waals surface area contributed by atoms with Gasteiger partial charge < -0.3 is 14.9 Å². The van der Waals surface area contributed by atoms with Crippen molar-refractivity contribution in [2.24, 2.45) is 11.7 Å². The number of rotatable bonds is 5. The van der Waals surface area contributed by atoms with E-state index in [0.29, 0.717) is 5.92 Å². The molecular formula is C11H17NO2. The second-order valence-corrected chi connectivity index (χ2v) is 3.80. The fraction of sp³-hybridized carbons (Fsp3) is 0.636. The van der Waals surface area contributed by atoms with Crippen molar-refractivity contribution in [3.63, 3.8) is 0 Å². The molecule has 3 heteroatoms. The molecule has 1 fully saturated rings. The van der Waals surface area contributed by atoms with E-state index < -0.39 is 0 Å². The third-order valence-electron chi connectivity index (χ3n) is 2.67. The van der Waals surface area contributed by atoms with Crippen LogP contribution >= 0.6 is 0 Å². The van der Waals surface area contributed by atoms with Gasteiger partial charge in [-0.15, -0.1) is 0 Å². The fourth-order valence-corrected chi connectivity index (χ4v) is 1.79. The molecule has 0 radical (unpaired) electrons. The summed E-state index contributed by atoms with van der Waals surface area (Å²) in [7, 11) is 0. The van der Waals surface area contributed by atoms with Crippen LogP contribution in [0.1, 0.15) is 31.6 Å². The molecule has 0 saturated heterocycles. The van der Waals surface area contributed by atoms with E-state index in [0.717, 1.165) is 12.4 Å². The van der Waals surface area contributed by atoms with Crippen LogP contribution in [0.4, 0.5) is 0 Å². The fourth-order valence-electron chi connectivity index (χ4n) is 1.79. The smallest absolute Gasteiger partial charge is 0.123 e. The molecule has 0 aromatic carbocycles. The Hall–Kier alpha value is -0.800. The average Bonchev–Trinajstić information content (AvgIpc) is 2.88. The quantitative estimate of drug-likeness (QED) is 0.782. The van der Waals surface area contributed by atoms with Crippen molar-refractivity contribution >= 4 is 0 Å². The molecule has 1 aliphatic rings. The summed E-state index contributed by atoms with van der Waals surface area (Å²) in [6, 6.07) is 3.67. The first-order valence-electron chi connectivity index (χ1n) is 5.23. The minimum Gasteiger partial charge on any atom is -0.468 e. The Balaban J connectivity index is 2.02. The minimum atomic E-state index is -0.113. The average molecular weight is 195 g/mol. The largest absolute Gasteiger partial charge is 0.468 e. The van der Waals surface area contributed by atoms with Gasteiger partial charge in [0.25, 0.3) is 0 Å². The van der Waals surface area contributed by atoms with Crippen LogP contribution in [0, 0.1) is 5.92 Å². The van der Waals surface area contributed by atoms with Crippen LogP contribution in [0.15, 0.2) is 22.8 Å². The van der Waals surface area contributed by atoms with Crippen LogP contribution in [-0.2, 0) is 4.74 Å². The van der Waals surface area contributed by atoms with Gasteiger partial charge in [0.1, 0.15) is 5.76 Å². The van der Waals surface area contributed by atoms with Gasteiger partial charge in [-0.1, -0.05) is 0 Å². The van der Waals surface area contributed by atoms with Gasteiger partial charge in [-0.05, 0) is 37.8 Å². The summed E-state index contributed by atoms with van der Waals surface area (Å²) in [6.45, 7) is 2.72. The summed E-state index contributed by atoms with van der Waals surface area (Å²) in [5.74, 6) is 1.46. The first kappa shape index (κ1) is 9.74. The van der Waals surface area contributed by atoms with Crippen molar-refractivity contribution in [1.29, 1.82) is 0 Å². The van der Waals surface area contributed by atoms with Crippen molar-refractivity contribution in [2.75, 3.05) is 6.61 Å². The second kappa shape index (κ2) is 4.15. The van der Waals surface area contributed by atoms with Crippen LogP contribution in [-0.4, -0.2) is 12.7 Å². The molecule has 2 rings (SSSR count). The molecule has 3 nitrogen and oxygen atoms in total. The maximum atomic E-state index is 6.09. The van der Waals surface area contributed by atoms with Crippen LogP contribution < -0.4 is 5.73 Å². The molecule has 2 atom stereocenters. The highest BCUT2D eigenvalue weighted by Crippen LogP contribution is 2.39. The summed E-state index contributed by atoms with van der Waals surface area (Å²) in [4.78, 5) is 0. The van der Waals surface area contributed by atoms with E-state index in [1.165, 1.54) is 12.8 Å². The van der Waals surface area contributed by atoms with Crippen molar-refractivity contribution in [3.05, 3.63) is 24.2 Å². The van der Waals surface area contributed by atoms with E-state index in [1.54, 1.807) is 6.26 Å². The Morgan fingerprint density at radius 1 is 1.64 bits per heavy atom. The lowest BCUT2D eigenvalue weighted by Crippen LogP contribution is -2.30. The lowest BCUT2D eigenvalue weighted by atomic mass is 10.1. The maximum Gasteiger partial charge on any atom is 0.123 e. The van der Waals surface area contributed by atoms with Gasteiger partial charge in [0.2, 0.25) is 0 Å². The Bertz CT molecular complexity index is 267.